The van der Waals surface area contributed by atoms with Gasteiger partial charge in [-0.15, -0.1) is 0 Å². The first-order valence-electron chi connectivity index (χ1n) is 6.09. The van der Waals surface area contributed by atoms with Crippen LogP contribution in [0.3, 0.4) is 0 Å². The molecule has 0 N–H and O–H groups in total. The van der Waals surface area contributed by atoms with Gasteiger partial charge in [-0.05, 0) is 13.0 Å². The maximum atomic E-state index is 5.45. The Hall–Kier alpha value is -0.120. The van der Waals surface area contributed by atoms with Gasteiger partial charge in [0.15, 0.2) is 5.79 Å². The molecule has 90 valence electrons. The van der Waals surface area contributed by atoms with E-state index in [4.69, 9.17) is 9.47 Å². The lowest BCUT2D eigenvalue weighted by Crippen LogP contribution is -2.46. The number of unbranched alkanes of at least 4 members (excludes halogenated alkanes) is 2. The average molecular weight is 215 g/mol. The van der Waals surface area contributed by atoms with Gasteiger partial charge in [-0.25, -0.2) is 0 Å². The minimum absolute atomic E-state index is 0.304. The normalized spacial score (nSPS) is 21.8. The van der Waals surface area contributed by atoms with E-state index in [-0.39, 0.29) is 5.79 Å². The Balaban J connectivity index is 2.22. The fourth-order valence-corrected chi connectivity index (χ4v) is 2.19. The van der Waals surface area contributed by atoms with Gasteiger partial charge in [0.25, 0.3) is 0 Å². The summed E-state index contributed by atoms with van der Waals surface area (Å²) in [6, 6.07) is 0. The summed E-state index contributed by atoms with van der Waals surface area (Å²) in [7, 11) is 3.49. The van der Waals surface area contributed by atoms with Gasteiger partial charge in [0, 0.05) is 40.2 Å². The Kier molecular flexibility index (Phi) is 5.58. The highest BCUT2D eigenvalue weighted by Gasteiger charge is 2.33. The molecule has 1 aliphatic heterocycles. The second-order valence-electron chi connectivity index (χ2n) is 4.37. The number of piperidine rings is 1. The quantitative estimate of drug-likeness (QED) is 0.501. The summed E-state index contributed by atoms with van der Waals surface area (Å²) in [6.45, 7) is 5.69. The van der Waals surface area contributed by atoms with Crippen molar-refractivity contribution in [2.45, 2.75) is 44.8 Å². The molecule has 3 heteroatoms. The fraction of sp³-hybridized carbons (Fsp3) is 1.00. The summed E-state index contributed by atoms with van der Waals surface area (Å²) < 4.78 is 10.9. The zero-order valence-electron chi connectivity index (χ0n) is 10.4. The molecule has 1 aliphatic rings. The van der Waals surface area contributed by atoms with E-state index in [1.165, 1.54) is 25.8 Å². The van der Waals surface area contributed by atoms with E-state index >= 15 is 0 Å². The zero-order valence-corrected chi connectivity index (χ0v) is 10.4. The van der Waals surface area contributed by atoms with E-state index in [0.717, 1.165) is 25.9 Å². The Morgan fingerprint density at radius 2 is 1.67 bits per heavy atom. The van der Waals surface area contributed by atoms with Gasteiger partial charge in [0.1, 0.15) is 0 Å². The van der Waals surface area contributed by atoms with Crippen LogP contribution < -0.4 is 0 Å². The van der Waals surface area contributed by atoms with Crippen molar-refractivity contribution >= 4 is 0 Å². The number of ether oxygens (including phenoxy) is 2. The van der Waals surface area contributed by atoms with E-state index in [9.17, 15) is 0 Å². The number of methoxy groups -OCH3 is 2. The van der Waals surface area contributed by atoms with Crippen LogP contribution in [0.4, 0.5) is 0 Å². The van der Waals surface area contributed by atoms with Crippen LogP contribution in [-0.2, 0) is 9.47 Å². The number of hydrogen-bond donors (Lipinski definition) is 0. The second-order valence-corrected chi connectivity index (χ2v) is 4.37. The molecule has 0 bridgehead atoms. The first-order valence-corrected chi connectivity index (χ1v) is 6.09. The molecule has 3 nitrogen and oxygen atoms in total. The van der Waals surface area contributed by atoms with E-state index in [1.807, 2.05) is 0 Å². The second kappa shape index (κ2) is 6.46. The highest BCUT2D eigenvalue weighted by atomic mass is 16.7. The molecule has 0 amide bonds. The molecule has 1 saturated heterocycles. The minimum Gasteiger partial charge on any atom is -0.353 e. The van der Waals surface area contributed by atoms with Gasteiger partial charge < -0.3 is 14.4 Å². The highest BCUT2D eigenvalue weighted by Crippen LogP contribution is 2.26. The van der Waals surface area contributed by atoms with Gasteiger partial charge in [0.05, 0.1) is 0 Å². The molecule has 1 fully saturated rings. The van der Waals surface area contributed by atoms with Crippen molar-refractivity contribution < 1.29 is 9.47 Å². The minimum atomic E-state index is -0.304. The van der Waals surface area contributed by atoms with Crippen LogP contribution in [0.15, 0.2) is 0 Å². The maximum absolute atomic E-state index is 5.45. The summed E-state index contributed by atoms with van der Waals surface area (Å²) in [6.07, 6.45) is 5.95. The molecule has 0 aromatic carbocycles. The maximum Gasteiger partial charge on any atom is 0.169 e. The lowest BCUT2D eigenvalue weighted by molar-refractivity contribution is -0.229. The first kappa shape index (κ1) is 12.9. The van der Waals surface area contributed by atoms with Gasteiger partial charge >= 0.3 is 0 Å². The third-order valence-electron chi connectivity index (χ3n) is 3.44. The average Bonchev–Trinajstić information content (AvgIpc) is 2.31. The van der Waals surface area contributed by atoms with Crippen LogP contribution in [0.2, 0.25) is 0 Å². The molecule has 1 heterocycles. The van der Waals surface area contributed by atoms with Crippen LogP contribution in [0, 0.1) is 0 Å². The van der Waals surface area contributed by atoms with E-state index < -0.39 is 0 Å². The predicted octanol–water partition coefficient (Wildman–Crippen LogP) is 2.26. The Bertz CT molecular complexity index is 159. The topological polar surface area (TPSA) is 21.7 Å². The third-order valence-corrected chi connectivity index (χ3v) is 3.44. The Labute approximate surface area is 93.7 Å². The van der Waals surface area contributed by atoms with E-state index in [2.05, 4.69) is 11.8 Å². The molecule has 0 aromatic heterocycles. The summed E-state index contributed by atoms with van der Waals surface area (Å²) in [5.74, 6) is -0.304. The van der Waals surface area contributed by atoms with E-state index in [1.54, 1.807) is 14.2 Å². The third kappa shape index (κ3) is 3.74. The van der Waals surface area contributed by atoms with Gasteiger partial charge in [-0.2, -0.15) is 0 Å². The van der Waals surface area contributed by atoms with Crippen LogP contribution in [0.5, 0.6) is 0 Å². The van der Waals surface area contributed by atoms with Crippen molar-refractivity contribution in [1.82, 2.24) is 4.90 Å². The zero-order chi connectivity index (χ0) is 11.1. The summed E-state index contributed by atoms with van der Waals surface area (Å²) in [5.41, 5.74) is 0. The highest BCUT2D eigenvalue weighted by molar-refractivity contribution is 4.79. The Morgan fingerprint density at radius 1 is 1.07 bits per heavy atom. The monoisotopic (exact) mass is 215 g/mol. The van der Waals surface area contributed by atoms with Crippen molar-refractivity contribution in [2.75, 3.05) is 33.9 Å². The molecular formula is C12H25NO2. The largest absolute Gasteiger partial charge is 0.353 e. The van der Waals surface area contributed by atoms with Crippen molar-refractivity contribution in [3.8, 4) is 0 Å². The number of nitrogens with zero attached hydrogens (tertiary/aromatic N) is 1. The first-order chi connectivity index (χ1) is 7.26. The Morgan fingerprint density at radius 3 is 2.13 bits per heavy atom. The number of likely N-dealkylation sites (tertiary alicyclic amines) is 1. The van der Waals surface area contributed by atoms with Gasteiger partial charge in [-0.1, -0.05) is 19.8 Å². The van der Waals surface area contributed by atoms with E-state index in [0.29, 0.717) is 0 Å². The summed E-state index contributed by atoms with van der Waals surface area (Å²) in [4.78, 5) is 2.52. The van der Waals surface area contributed by atoms with Crippen LogP contribution in [-0.4, -0.2) is 44.5 Å². The van der Waals surface area contributed by atoms with Crippen molar-refractivity contribution in [2.24, 2.45) is 0 Å². The molecule has 0 atom stereocenters. The number of rotatable bonds is 6. The number of hydrogen-bond acceptors (Lipinski definition) is 3. The molecular weight excluding hydrogens is 190 g/mol. The van der Waals surface area contributed by atoms with Gasteiger partial charge in [-0.3, -0.25) is 0 Å². The molecule has 0 aliphatic carbocycles. The molecule has 0 spiro atoms. The van der Waals surface area contributed by atoms with Crippen molar-refractivity contribution in [3.63, 3.8) is 0 Å². The predicted molar refractivity (Wildman–Crippen MR) is 61.9 cm³/mol. The van der Waals surface area contributed by atoms with Crippen molar-refractivity contribution in [3.05, 3.63) is 0 Å². The standard InChI is InChI=1S/C12H25NO2/c1-4-5-6-9-13-10-7-12(14-2,15-3)8-11-13/h4-11H2,1-3H3. The molecule has 0 radical (unpaired) electrons. The van der Waals surface area contributed by atoms with Gasteiger partial charge in [0.2, 0.25) is 0 Å². The molecule has 0 saturated carbocycles. The van der Waals surface area contributed by atoms with Crippen LogP contribution in [0.25, 0.3) is 0 Å². The van der Waals surface area contributed by atoms with Crippen molar-refractivity contribution in [1.29, 1.82) is 0 Å². The lowest BCUT2D eigenvalue weighted by atomic mass is 10.0. The van der Waals surface area contributed by atoms with Crippen LogP contribution in [0.1, 0.15) is 39.0 Å². The summed E-state index contributed by atoms with van der Waals surface area (Å²) in [5, 5.41) is 0. The fourth-order valence-electron chi connectivity index (χ4n) is 2.19. The SMILES string of the molecule is CCCCCN1CCC(OC)(OC)CC1. The summed E-state index contributed by atoms with van der Waals surface area (Å²) >= 11 is 0. The molecule has 1 rings (SSSR count). The smallest absolute Gasteiger partial charge is 0.169 e. The molecule has 15 heavy (non-hydrogen) atoms. The lowest BCUT2D eigenvalue weighted by Gasteiger charge is -2.39. The molecule has 0 aromatic rings. The molecule has 0 unspecified atom stereocenters. The van der Waals surface area contributed by atoms with Crippen LogP contribution >= 0.6 is 0 Å².